The first-order chi connectivity index (χ1) is 22.7. The minimum atomic E-state index is -1.67. The number of nitrogen functional groups attached to an aromatic ring is 1. The van der Waals surface area contributed by atoms with Gasteiger partial charge in [-0.25, -0.2) is 4.98 Å². The predicted molar refractivity (Wildman–Crippen MR) is 179 cm³/mol. The summed E-state index contributed by atoms with van der Waals surface area (Å²) in [5.41, 5.74) is 8.82. The highest BCUT2D eigenvalue weighted by Gasteiger charge is 2.43. The largest absolute Gasteiger partial charge is 0.668 e. The Labute approximate surface area is 275 Å². The average molecular weight is 639 g/mol. The number of fused-ring (bicyclic) bond motifs is 2. The first-order valence-electron chi connectivity index (χ1n) is 16.7. The van der Waals surface area contributed by atoms with Crippen molar-refractivity contribution in [3.05, 3.63) is 88.9 Å². The van der Waals surface area contributed by atoms with Gasteiger partial charge in [-0.15, -0.1) is 0 Å². The SMILES string of the molecule is COc1cc(CCC(=O)[C@H](O)C(=O)C[C@@H]2C=C[C@H]3CCCC[C@@H]3C2)cc([C@@H]2c3ccnc(N)c3C=C[C@@]2(CO)Cc2ccc[n-]2)c1O. The van der Waals surface area contributed by atoms with E-state index in [0.29, 0.717) is 40.8 Å². The van der Waals surface area contributed by atoms with E-state index in [1.165, 1.54) is 32.8 Å². The lowest BCUT2D eigenvalue weighted by atomic mass is 9.63. The van der Waals surface area contributed by atoms with Gasteiger partial charge in [0.25, 0.3) is 0 Å². The van der Waals surface area contributed by atoms with Crippen LogP contribution in [0.5, 0.6) is 11.5 Å². The van der Waals surface area contributed by atoms with E-state index in [9.17, 15) is 24.9 Å². The van der Waals surface area contributed by atoms with Gasteiger partial charge in [-0.1, -0.05) is 55.3 Å². The fraction of sp³-hybridized carbons (Fsp3) is 0.447. The number of phenolic OH excluding ortho intramolecular Hbond substituents is 1. The number of ether oxygens (including phenoxy) is 1. The molecule has 9 heteroatoms. The van der Waals surface area contributed by atoms with Crippen molar-refractivity contribution in [1.29, 1.82) is 0 Å². The maximum atomic E-state index is 13.1. The van der Waals surface area contributed by atoms with E-state index in [1.54, 1.807) is 24.5 Å². The summed E-state index contributed by atoms with van der Waals surface area (Å²) in [6, 6.07) is 9.04. The number of aryl methyl sites for hydroxylation is 1. The van der Waals surface area contributed by atoms with Crippen LogP contribution in [-0.4, -0.2) is 51.7 Å². The smallest absolute Gasteiger partial charge is 0.170 e. The second-order valence-corrected chi connectivity index (χ2v) is 13.5. The summed E-state index contributed by atoms with van der Waals surface area (Å²) in [6.45, 7) is -0.251. The Morgan fingerprint density at radius 3 is 2.74 bits per heavy atom. The van der Waals surface area contributed by atoms with E-state index >= 15 is 0 Å². The van der Waals surface area contributed by atoms with E-state index in [4.69, 9.17) is 10.5 Å². The number of rotatable bonds is 12. The van der Waals surface area contributed by atoms with Gasteiger partial charge in [0.2, 0.25) is 0 Å². The Balaban J connectivity index is 1.24. The second kappa shape index (κ2) is 13.9. The summed E-state index contributed by atoms with van der Waals surface area (Å²) in [4.78, 5) is 34.8. The minimum absolute atomic E-state index is 0.0558. The van der Waals surface area contributed by atoms with Gasteiger partial charge in [-0.05, 0) is 73.1 Å². The van der Waals surface area contributed by atoms with E-state index in [0.717, 1.165) is 17.7 Å². The molecule has 0 amide bonds. The minimum Gasteiger partial charge on any atom is -0.668 e. The highest BCUT2D eigenvalue weighted by atomic mass is 16.5. The monoisotopic (exact) mass is 638 g/mol. The van der Waals surface area contributed by atoms with Gasteiger partial charge >= 0.3 is 0 Å². The van der Waals surface area contributed by atoms with Gasteiger partial charge in [-0.2, -0.15) is 11.9 Å². The Bertz CT molecular complexity index is 1660. The Morgan fingerprint density at radius 2 is 1.98 bits per heavy atom. The van der Waals surface area contributed by atoms with Crippen molar-refractivity contribution in [2.75, 3.05) is 19.5 Å². The molecule has 0 aliphatic heterocycles. The van der Waals surface area contributed by atoms with Crippen LogP contribution in [0.25, 0.3) is 6.08 Å². The number of hydrogen-bond donors (Lipinski definition) is 4. The van der Waals surface area contributed by atoms with Crippen LogP contribution >= 0.6 is 0 Å². The zero-order valence-corrected chi connectivity index (χ0v) is 26.8. The number of pyridine rings is 1. The summed E-state index contributed by atoms with van der Waals surface area (Å²) in [6.07, 6.45) is 16.2. The number of hydrogen-bond acceptors (Lipinski definition) is 8. The number of anilines is 1. The number of aromatic nitrogens is 2. The van der Waals surface area contributed by atoms with E-state index < -0.39 is 29.0 Å². The summed E-state index contributed by atoms with van der Waals surface area (Å²) < 4.78 is 5.58. The van der Waals surface area contributed by atoms with Gasteiger partial charge in [0, 0.05) is 41.5 Å². The van der Waals surface area contributed by atoms with Crippen molar-refractivity contribution < 1.29 is 29.6 Å². The van der Waals surface area contributed by atoms with Gasteiger partial charge in [0.1, 0.15) is 5.82 Å². The maximum absolute atomic E-state index is 13.1. The molecule has 0 spiro atoms. The molecule has 3 aliphatic rings. The second-order valence-electron chi connectivity index (χ2n) is 13.5. The average Bonchev–Trinajstić information content (AvgIpc) is 3.60. The van der Waals surface area contributed by atoms with Crippen molar-refractivity contribution in [2.45, 2.75) is 69.8 Å². The number of nitrogens with zero attached hydrogens (tertiary/aromatic N) is 2. The van der Waals surface area contributed by atoms with E-state index in [2.05, 4.69) is 22.1 Å². The Morgan fingerprint density at radius 1 is 1.15 bits per heavy atom. The third-order valence-corrected chi connectivity index (χ3v) is 10.6. The molecule has 0 unspecified atom stereocenters. The number of Topliss-reactive ketones (excluding diaryl/α,β-unsaturated/α-hetero) is 2. The highest BCUT2D eigenvalue weighted by molar-refractivity contribution is 6.05. The molecule has 0 saturated heterocycles. The van der Waals surface area contributed by atoms with Crippen LogP contribution in [0.15, 0.2) is 61.0 Å². The van der Waals surface area contributed by atoms with Gasteiger partial charge in [0.05, 0.1) is 13.7 Å². The molecule has 2 aromatic heterocycles. The van der Waals surface area contributed by atoms with Crippen molar-refractivity contribution >= 4 is 23.5 Å². The van der Waals surface area contributed by atoms with E-state index in [1.807, 2.05) is 30.4 Å². The number of nitrogens with two attached hydrogens (primary N) is 1. The number of phenols is 1. The van der Waals surface area contributed by atoms with Crippen molar-refractivity contribution in [3.63, 3.8) is 0 Å². The normalized spacial score (nSPS) is 25.5. The molecule has 6 rings (SSSR count). The van der Waals surface area contributed by atoms with Crippen LogP contribution in [0.1, 0.15) is 78.8 Å². The lowest BCUT2D eigenvalue weighted by Gasteiger charge is -2.42. The first kappa shape index (κ1) is 32.7. The maximum Gasteiger partial charge on any atom is 0.170 e. The summed E-state index contributed by atoms with van der Waals surface area (Å²) in [7, 11) is 1.45. The molecule has 5 N–H and O–H groups in total. The lowest BCUT2D eigenvalue weighted by Crippen LogP contribution is -2.37. The van der Waals surface area contributed by atoms with E-state index in [-0.39, 0.29) is 43.3 Å². The van der Waals surface area contributed by atoms with Crippen LogP contribution < -0.4 is 15.5 Å². The molecule has 0 bridgehead atoms. The quantitative estimate of drug-likeness (QED) is 0.160. The standard InChI is InChI=1S/C38H44N3O6/c1-47-33-20-24(9-11-31(43)36(46)32(44)19-23-8-10-25-5-2-3-6-26(25)17-23)18-30(35(33)45)34-28-13-16-41-37(39)29(28)12-14-38(34,22-42)21-27-7-4-15-40-27/h4,7-8,10,12-16,18,20,23,25-26,34,36,42,45-46H,2-3,5-6,9,11,17,19,21-22H2,1H3,(H2,39,41)/q-1/t23-,25-,26-,34+,36+,38+/m1/s1. The molecule has 1 saturated carbocycles. The van der Waals surface area contributed by atoms with Crippen LogP contribution in [0.4, 0.5) is 5.82 Å². The molecule has 248 valence electrons. The molecule has 47 heavy (non-hydrogen) atoms. The number of carbonyl (C=O) groups is 2. The first-order valence-corrected chi connectivity index (χ1v) is 16.7. The Hall–Kier alpha value is -4.21. The zero-order valence-electron chi connectivity index (χ0n) is 26.8. The molecule has 2 heterocycles. The molecular weight excluding hydrogens is 594 g/mol. The number of benzene rings is 1. The van der Waals surface area contributed by atoms with Crippen LogP contribution in [0.3, 0.4) is 0 Å². The van der Waals surface area contributed by atoms with Crippen molar-refractivity contribution in [1.82, 2.24) is 9.97 Å². The Kier molecular flexibility index (Phi) is 9.66. The molecular formula is C38H44N3O6-. The predicted octanol–water partition coefficient (Wildman–Crippen LogP) is 4.92. The number of allylic oxidation sites excluding steroid dienone is 2. The third kappa shape index (κ3) is 6.64. The van der Waals surface area contributed by atoms with Gasteiger partial charge < -0.3 is 30.8 Å². The number of aliphatic hydroxyl groups is 2. The van der Waals surface area contributed by atoms with Crippen molar-refractivity contribution in [2.24, 2.45) is 23.2 Å². The van der Waals surface area contributed by atoms with Gasteiger partial charge in [-0.3, -0.25) is 9.59 Å². The fourth-order valence-corrected chi connectivity index (χ4v) is 8.07. The molecule has 6 atom stereocenters. The third-order valence-electron chi connectivity index (χ3n) is 10.6. The highest BCUT2D eigenvalue weighted by Crippen LogP contribution is 2.53. The van der Waals surface area contributed by atoms with Crippen LogP contribution in [0, 0.1) is 23.2 Å². The van der Waals surface area contributed by atoms with Crippen LogP contribution in [-0.2, 0) is 22.4 Å². The number of carbonyl (C=O) groups excluding carboxylic acids is 2. The van der Waals surface area contributed by atoms with Crippen molar-refractivity contribution in [3.8, 4) is 11.5 Å². The number of ketones is 2. The molecule has 3 aromatic rings. The number of methoxy groups -OCH3 is 1. The van der Waals surface area contributed by atoms with Gasteiger partial charge in [0.15, 0.2) is 29.2 Å². The lowest BCUT2D eigenvalue weighted by molar-refractivity contribution is -0.139. The molecule has 9 nitrogen and oxygen atoms in total. The summed E-state index contributed by atoms with van der Waals surface area (Å²) in [5, 5.41) is 33.2. The number of aliphatic hydroxyl groups excluding tert-OH is 2. The topological polar surface area (TPSA) is 157 Å². The summed E-state index contributed by atoms with van der Waals surface area (Å²) in [5.74, 6) is 0.147. The zero-order chi connectivity index (χ0) is 33.1. The fourth-order valence-electron chi connectivity index (χ4n) is 8.07. The van der Waals surface area contributed by atoms with Crippen LogP contribution in [0.2, 0.25) is 0 Å². The molecule has 0 radical (unpaired) electrons. The summed E-state index contributed by atoms with van der Waals surface area (Å²) >= 11 is 0. The molecule has 3 aliphatic carbocycles. The molecule has 1 fully saturated rings. The molecule has 1 aromatic carbocycles. The number of aromatic hydroxyl groups is 1.